The minimum atomic E-state index is -0.616. The van der Waals surface area contributed by atoms with Crippen LogP contribution >= 0.6 is 11.3 Å². The van der Waals surface area contributed by atoms with Crippen molar-refractivity contribution in [3.8, 4) is 28.3 Å². The summed E-state index contributed by atoms with van der Waals surface area (Å²) in [5.41, 5.74) is 13.6. The lowest BCUT2D eigenvalue weighted by Crippen LogP contribution is -2.36. The van der Waals surface area contributed by atoms with Gasteiger partial charge in [-0.05, 0) is 99.8 Å². The van der Waals surface area contributed by atoms with Gasteiger partial charge in [0.05, 0.1) is 33.5 Å². The van der Waals surface area contributed by atoms with Crippen LogP contribution in [-0.2, 0) is 5.41 Å². The van der Waals surface area contributed by atoms with Crippen LogP contribution in [0.5, 0.6) is 11.5 Å². The number of rotatable bonds is 4. The molecule has 1 spiro atoms. The summed E-state index contributed by atoms with van der Waals surface area (Å²) in [6.45, 7) is 0. The molecule has 0 radical (unpaired) electrons. The minimum Gasteiger partial charge on any atom is -0.457 e. The monoisotopic (exact) mass is 870 g/mol. The van der Waals surface area contributed by atoms with E-state index in [4.69, 9.17) is 4.74 Å². The maximum Gasteiger partial charge on any atom is 0.132 e. The standard InChI is InChI=1S/C63H38N2OS/c1-2-18-41-39(16-1)17-13-28-52(41)64(40-34-36-55-47(38-40)43-20-4-9-27-53(43)65(55)56-29-15-33-60-62(56)46-21-5-12-32-59(46)67-60)54-37-35-44-42-19-3-6-23-48(42)63(51-26-14-22-45(54)61(44)51)49-24-7-10-30-57(49)66-58-31-11-8-25-50(58)63/h1-38H. The van der Waals surface area contributed by atoms with Gasteiger partial charge in [-0.2, -0.15) is 0 Å². The number of hydrogen-bond acceptors (Lipinski definition) is 3. The lowest BCUT2D eigenvalue weighted by Gasteiger charge is -2.45. The van der Waals surface area contributed by atoms with E-state index in [1.807, 2.05) is 11.3 Å². The number of thiophene rings is 1. The number of hydrogen-bond donors (Lipinski definition) is 0. The highest BCUT2D eigenvalue weighted by atomic mass is 32.1. The summed E-state index contributed by atoms with van der Waals surface area (Å²) in [6.07, 6.45) is 0. The Kier molecular flexibility index (Phi) is 7.58. The van der Waals surface area contributed by atoms with Gasteiger partial charge in [0.1, 0.15) is 11.5 Å². The molecule has 2 aromatic heterocycles. The highest BCUT2D eigenvalue weighted by Crippen LogP contribution is 2.62. The van der Waals surface area contributed by atoms with Crippen LogP contribution in [-0.4, -0.2) is 4.57 Å². The molecular weight excluding hydrogens is 833 g/mol. The normalized spacial score (nSPS) is 13.3. The van der Waals surface area contributed by atoms with Gasteiger partial charge >= 0.3 is 0 Å². The zero-order chi connectivity index (χ0) is 43.8. The van der Waals surface area contributed by atoms with Crippen molar-refractivity contribution in [1.29, 1.82) is 0 Å². The maximum absolute atomic E-state index is 6.74. The van der Waals surface area contributed by atoms with Crippen molar-refractivity contribution >= 4 is 91.9 Å². The summed E-state index contributed by atoms with van der Waals surface area (Å²) >= 11 is 1.87. The number of aromatic nitrogens is 1. The lowest BCUT2D eigenvalue weighted by atomic mass is 9.58. The number of benzene rings is 11. The molecule has 1 aliphatic carbocycles. The van der Waals surface area contributed by atoms with Crippen LogP contribution in [0.4, 0.5) is 17.1 Å². The van der Waals surface area contributed by atoms with E-state index in [1.54, 1.807) is 0 Å². The van der Waals surface area contributed by atoms with Gasteiger partial charge in [-0.3, -0.25) is 0 Å². The summed E-state index contributed by atoms with van der Waals surface area (Å²) in [7, 11) is 0. The lowest BCUT2D eigenvalue weighted by molar-refractivity contribution is 0.435. The van der Waals surface area contributed by atoms with E-state index in [2.05, 4.69) is 240 Å². The second-order valence-electron chi connectivity index (χ2n) is 17.9. The maximum atomic E-state index is 6.74. The summed E-state index contributed by atoms with van der Waals surface area (Å²) in [4.78, 5) is 2.52. The molecule has 1 aliphatic heterocycles. The molecule has 0 saturated heterocycles. The summed E-state index contributed by atoms with van der Waals surface area (Å²) in [6, 6.07) is 85.1. The molecule has 13 aromatic rings. The number of anilines is 3. The van der Waals surface area contributed by atoms with Gasteiger partial charge in [-0.25, -0.2) is 0 Å². The van der Waals surface area contributed by atoms with Gasteiger partial charge in [0.15, 0.2) is 0 Å². The molecule has 0 saturated carbocycles. The number of para-hydroxylation sites is 3. The first-order valence-corrected chi connectivity index (χ1v) is 23.8. The van der Waals surface area contributed by atoms with E-state index in [0.717, 1.165) is 39.7 Å². The molecule has 3 heterocycles. The van der Waals surface area contributed by atoms with Crippen LogP contribution in [0.1, 0.15) is 22.3 Å². The van der Waals surface area contributed by atoms with Crippen molar-refractivity contribution < 1.29 is 4.74 Å². The predicted molar refractivity (Wildman–Crippen MR) is 281 cm³/mol. The van der Waals surface area contributed by atoms with Crippen LogP contribution in [0.25, 0.3) is 80.3 Å². The molecule has 11 aromatic carbocycles. The van der Waals surface area contributed by atoms with E-state index in [9.17, 15) is 0 Å². The third-order valence-corrected chi connectivity index (χ3v) is 15.8. The van der Waals surface area contributed by atoms with Crippen LogP contribution in [0.2, 0.25) is 0 Å². The Labute approximate surface area is 390 Å². The van der Waals surface area contributed by atoms with Crippen molar-refractivity contribution in [2.24, 2.45) is 0 Å². The molecule has 0 N–H and O–H groups in total. The van der Waals surface area contributed by atoms with Crippen LogP contribution in [0.15, 0.2) is 231 Å². The SMILES string of the molecule is c1ccc2c(c1)Oc1ccccc1C21c2ccccc2-c2ccc(N(c3ccc4c(c3)c3ccccc3n4-c3cccc4sc5ccccc5c34)c3cccc4ccccc34)c3cccc1c23. The average Bonchev–Trinajstić information content (AvgIpc) is 3.94. The van der Waals surface area contributed by atoms with E-state index < -0.39 is 5.41 Å². The Morgan fingerprint density at radius 3 is 1.87 bits per heavy atom. The predicted octanol–water partition coefficient (Wildman–Crippen LogP) is 17.4. The van der Waals surface area contributed by atoms with Gasteiger partial charge in [0.25, 0.3) is 0 Å². The fourth-order valence-electron chi connectivity index (χ4n) is 12.0. The first-order valence-electron chi connectivity index (χ1n) is 23.0. The minimum absolute atomic E-state index is 0.616. The number of fused-ring (bicyclic) bond motifs is 15. The molecular formula is C63H38N2OS. The molecule has 0 amide bonds. The fraction of sp³-hybridized carbons (Fsp3) is 0.0159. The van der Waals surface area contributed by atoms with E-state index in [-0.39, 0.29) is 0 Å². The van der Waals surface area contributed by atoms with Gasteiger partial charge in [0.2, 0.25) is 0 Å². The van der Waals surface area contributed by atoms with E-state index in [0.29, 0.717) is 0 Å². The Morgan fingerprint density at radius 1 is 0.388 bits per heavy atom. The second-order valence-corrected chi connectivity index (χ2v) is 19.0. The van der Waals surface area contributed by atoms with Crippen molar-refractivity contribution in [2.45, 2.75) is 5.41 Å². The summed E-state index contributed by atoms with van der Waals surface area (Å²) in [5, 5.41) is 9.86. The first-order chi connectivity index (χ1) is 33.3. The Bertz CT molecular complexity index is 4180. The van der Waals surface area contributed by atoms with Crippen LogP contribution < -0.4 is 9.64 Å². The fourth-order valence-corrected chi connectivity index (χ4v) is 13.1. The smallest absolute Gasteiger partial charge is 0.132 e. The Morgan fingerprint density at radius 2 is 1.00 bits per heavy atom. The molecule has 67 heavy (non-hydrogen) atoms. The third kappa shape index (κ3) is 4.94. The highest BCUT2D eigenvalue weighted by molar-refractivity contribution is 7.25. The molecule has 0 unspecified atom stereocenters. The summed E-state index contributed by atoms with van der Waals surface area (Å²) < 4.78 is 11.8. The van der Waals surface area contributed by atoms with Crippen molar-refractivity contribution in [3.63, 3.8) is 0 Å². The topological polar surface area (TPSA) is 17.4 Å². The largest absolute Gasteiger partial charge is 0.457 e. The Hall–Kier alpha value is -8.44. The molecule has 0 fully saturated rings. The van der Waals surface area contributed by atoms with Gasteiger partial charge in [0, 0.05) is 58.5 Å². The second kappa shape index (κ2) is 13.8. The Balaban J connectivity index is 1.03. The molecule has 3 nitrogen and oxygen atoms in total. The zero-order valence-corrected chi connectivity index (χ0v) is 37.0. The van der Waals surface area contributed by atoms with Gasteiger partial charge in [-0.15, -0.1) is 11.3 Å². The van der Waals surface area contributed by atoms with Crippen molar-refractivity contribution in [1.82, 2.24) is 4.57 Å². The number of ether oxygens (including phenoxy) is 1. The van der Waals surface area contributed by atoms with Gasteiger partial charge in [-0.1, -0.05) is 164 Å². The van der Waals surface area contributed by atoms with Crippen molar-refractivity contribution in [3.05, 3.63) is 253 Å². The van der Waals surface area contributed by atoms with Crippen molar-refractivity contribution in [2.75, 3.05) is 4.90 Å². The highest BCUT2D eigenvalue weighted by Gasteiger charge is 2.49. The van der Waals surface area contributed by atoms with Gasteiger partial charge < -0.3 is 14.2 Å². The quantitative estimate of drug-likeness (QED) is 0.175. The van der Waals surface area contributed by atoms with E-state index >= 15 is 0 Å². The third-order valence-electron chi connectivity index (χ3n) is 14.6. The molecule has 0 atom stereocenters. The average molecular weight is 871 g/mol. The number of nitrogens with zero attached hydrogens (tertiary/aromatic N) is 2. The van der Waals surface area contributed by atoms with Crippen LogP contribution in [0.3, 0.4) is 0 Å². The first kappa shape index (κ1) is 36.9. The molecule has 312 valence electrons. The van der Waals surface area contributed by atoms with Crippen LogP contribution in [0, 0.1) is 0 Å². The zero-order valence-electron chi connectivity index (χ0n) is 36.2. The van der Waals surface area contributed by atoms with E-state index in [1.165, 1.54) is 91.5 Å². The molecule has 4 heteroatoms. The summed E-state index contributed by atoms with van der Waals surface area (Å²) in [5.74, 6) is 1.78. The molecule has 0 bridgehead atoms. The molecule has 15 rings (SSSR count). The molecule has 2 aliphatic rings.